The number of benzene rings is 1. The summed E-state index contributed by atoms with van der Waals surface area (Å²) >= 11 is 0. The maximum Gasteiger partial charge on any atom is 0.240 e. The summed E-state index contributed by atoms with van der Waals surface area (Å²) in [5, 5.41) is 0. The third-order valence-electron chi connectivity index (χ3n) is 4.95. The minimum atomic E-state index is -3.61. The quantitative estimate of drug-likeness (QED) is 0.845. The molecule has 0 spiro atoms. The first-order valence-electron chi connectivity index (χ1n) is 9.36. The number of hydrogen-bond donors (Lipinski definition) is 1. The molecule has 0 unspecified atom stereocenters. The Hall–Kier alpha value is -2.19. The highest BCUT2D eigenvalue weighted by molar-refractivity contribution is 7.89. The van der Waals surface area contributed by atoms with Gasteiger partial charge >= 0.3 is 0 Å². The van der Waals surface area contributed by atoms with E-state index in [1.807, 2.05) is 13.0 Å². The molecule has 4 rings (SSSR count). The van der Waals surface area contributed by atoms with Crippen molar-refractivity contribution < 1.29 is 13.2 Å². The lowest BCUT2D eigenvalue weighted by molar-refractivity contribution is 0.356. The predicted octanol–water partition coefficient (Wildman–Crippen LogP) is 2.19. The van der Waals surface area contributed by atoms with E-state index in [4.69, 9.17) is 4.74 Å². The Balaban J connectivity index is 1.50. The van der Waals surface area contributed by atoms with Crippen LogP contribution >= 0.6 is 0 Å². The van der Waals surface area contributed by atoms with Crippen LogP contribution in [0.15, 0.2) is 29.2 Å². The summed E-state index contributed by atoms with van der Waals surface area (Å²) in [5.41, 5.74) is 2.45. The van der Waals surface area contributed by atoms with Crippen LogP contribution in [-0.4, -0.2) is 38.1 Å². The third kappa shape index (κ3) is 4.06. The highest BCUT2D eigenvalue weighted by Crippen LogP contribution is 2.27. The summed E-state index contributed by atoms with van der Waals surface area (Å²) < 4.78 is 33.4. The fraction of sp³-hybridized carbons (Fsp3) is 0.474. The molecule has 8 heteroatoms. The van der Waals surface area contributed by atoms with Crippen LogP contribution in [0.5, 0.6) is 5.75 Å². The van der Waals surface area contributed by atoms with E-state index in [9.17, 15) is 8.42 Å². The first-order valence-corrected chi connectivity index (χ1v) is 10.8. The number of rotatable bonds is 5. The van der Waals surface area contributed by atoms with Crippen molar-refractivity contribution in [1.29, 1.82) is 0 Å². The highest BCUT2D eigenvalue weighted by Gasteiger charge is 2.20. The van der Waals surface area contributed by atoms with Gasteiger partial charge in [-0.3, -0.25) is 0 Å². The number of aryl methyl sites for hydroxylation is 1. The van der Waals surface area contributed by atoms with E-state index < -0.39 is 10.0 Å². The Morgan fingerprint density at radius 1 is 1.15 bits per heavy atom. The van der Waals surface area contributed by atoms with Crippen molar-refractivity contribution in [2.24, 2.45) is 0 Å². The maximum absolute atomic E-state index is 12.7. The predicted molar refractivity (Wildman–Crippen MR) is 102 cm³/mol. The van der Waals surface area contributed by atoms with Gasteiger partial charge in [-0.25, -0.2) is 23.1 Å². The highest BCUT2D eigenvalue weighted by atomic mass is 32.2. The lowest BCUT2D eigenvalue weighted by Gasteiger charge is -2.27. The van der Waals surface area contributed by atoms with Crippen LogP contribution in [0.3, 0.4) is 0 Å². The second-order valence-electron chi connectivity index (χ2n) is 7.04. The lowest BCUT2D eigenvalue weighted by atomic mass is 10.1. The average molecular weight is 388 g/mol. The molecule has 1 aromatic carbocycles. The van der Waals surface area contributed by atoms with Crippen LogP contribution in [0.1, 0.15) is 36.2 Å². The van der Waals surface area contributed by atoms with E-state index in [1.54, 1.807) is 18.2 Å². The van der Waals surface area contributed by atoms with Crippen molar-refractivity contribution >= 4 is 16.0 Å². The number of anilines is 1. The van der Waals surface area contributed by atoms with Gasteiger partial charge in [0.2, 0.25) is 16.0 Å². The molecule has 0 saturated carbocycles. The van der Waals surface area contributed by atoms with E-state index in [2.05, 4.69) is 19.6 Å². The Morgan fingerprint density at radius 2 is 1.96 bits per heavy atom. The van der Waals surface area contributed by atoms with Gasteiger partial charge in [-0.15, -0.1) is 0 Å². The first kappa shape index (κ1) is 18.2. The van der Waals surface area contributed by atoms with E-state index in [0.29, 0.717) is 18.2 Å². The van der Waals surface area contributed by atoms with Crippen molar-refractivity contribution in [2.75, 3.05) is 24.6 Å². The molecule has 1 fully saturated rings. The number of ether oxygens (including phenoxy) is 1. The van der Waals surface area contributed by atoms with Crippen molar-refractivity contribution in [3.8, 4) is 5.75 Å². The molecule has 0 atom stereocenters. The van der Waals surface area contributed by atoms with Crippen molar-refractivity contribution in [1.82, 2.24) is 14.7 Å². The maximum atomic E-state index is 12.7. The number of nitrogens with zero attached hydrogens (tertiary/aromatic N) is 3. The zero-order chi connectivity index (χ0) is 18.9. The topological polar surface area (TPSA) is 84.4 Å². The van der Waals surface area contributed by atoms with Gasteiger partial charge in [-0.05, 0) is 56.0 Å². The summed E-state index contributed by atoms with van der Waals surface area (Å²) in [6, 6.07) is 6.82. The molecule has 2 aliphatic heterocycles. The molecule has 0 radical (unpaired) electrons. The number of aromatic nitrogens is 2. The van der Waals surface area contributed by atoms with Gasteiger partial charge in [0.15, 0.2) is 0 Å². The first-order chi connectivity index (χ1) is 13.0. The summed E-state index contributed by atoms with van der Waals surface area (Å²) in [4.78, 5) is 11.5. The number of nitrogens with one attached hydrogen (secondary N) is 1. The molecule has 3 heterocycles. The van der Waals surface area contributed by atoms with Gasteiger partial charge in [-0.2, -0.15) is 0 Å². The second-order valence-corrected chi connectivity index (χ2v) is 8.81. The van der Waals surface area contributed by atoms with E-state index >= 15 is 0 Å². The van der Waals surface area contributed by atoms with Gasteiger partial charge in [0.25, 0.3) is 0 Å². The average Bonchev–Trinajstić information content (AvgIpc) is 3.15. The molecule has 1 saturated heterocycles. The molecule has 0 amide bonds. The minimum absolute atomic E-state index is 0.139. The Morgan fingerprint density at radius 3 is 2.78 bits per heavy atom. The SMILES string of the molecule is Cc1cc(CNS(=O)(=O)c2ccc3c(c2)CCO3)nc(N2CCCCC2)n1. The molecule has 27 heavy (non-hydrogen) atoms. The van der Waals surface area contributed by atoms with Crippen LogP contribution < -0.4 is 14.4 Å². The van der Waals surface area contributed by atoms with Crippen LogP contribution in [-0.2, 0) is 23.0 Å². The van der Waals surface area contributed by atoms with Gasteiger partial charge in [0, 0.05) is 25.2 Å². The normalized spacial score (nSPS) is 16.9. The van der Waals surface area contributed by atoms with Crippen LogP contribution in [0.4, 0.5) is 5.95 Å². The van der Waals surface area contributed by atoms with Crippen molar-refractivity contribution in [3.63, 3.8) is 0 Å². The summed E-state index contributed by atoms with van der Waals surface area (Å²) in [7, 11) is -3.61. The molecule has 2 aromatic rings. The van der Waals surface area contributed by atoms with Crippen LogP contribution in [0.25, 0.3) is 0 Å². The Bertz CT molecular complexity index is 940. The van der Waals surface area contributed by atoms with Crippen molar-refractivity contribution in [2.45, 2.75) is 44.0 Å². The monoisotopic (exact) mass is 388 g/mol. The molecule has 0 aliphatic carbocycles. The number of piperidine rings is 1. The molecule has 7 nitrogen and oxygen atoms in total. The van der Waals surface area contributed by atoms with Gasteiger partial charge in [0.1, 0.15) is 5.75 Å². The van der Waals surface area contributed by atoms with E-state index in [1.165, 1.54) is 6.42 Å². The number of sulfonamides is 1. The zero-order valence-corrected chi connectivity index (χ0v) is 16.3. The molecule has 2 aliphatic rings. The summed E-state index contributed by atoms with van der Waals surface area (Å²) in [6.45, 7) is 4.55. The molecule has 1 N–H and O–H groups in total. The molecule has 144 valence electrons. The third-order valence-corrected chi connectivity index (χ3v) is 6.35. The smallest absolute Gasteiger partial charge is 0.240 e. The Labute approximate surface area is 159 Å². The van der Waals surface area contributed by atoms with Gasteiger partial charge < -0.3 is 9.64 Å². The second kappa shape index (κ2) is 7.44. The largest absolute Gasteiger partial charge is 0.493 e. The minimum Gasteiger partial charge on any atom is -0.493 e. The fourth-order valence-corrected chi connectivity index (χ4v) is 4.57. The van der Waals surface area contributed by atoms with E-state index in [0.717, 1.165) is 49.4 Å². The Kier molecular flexibility index (Phi) is 5.01. The molecule has 0 bridgehead atoms. The van der Waals surface area contributed by atoms with Gasteiger partial charge in [0.05, 0.1) is 23.7 Å². The standard InChI is InChI=1S/C19H24N4O3S/c1-14-11-16(22-19(21-14)23-8-3-2-4-9-23)13-20-27(24,25)17-5-6-18-15(12-17)7-10-26-18/h5-6,11-12,20H,2-4,7-10,13H2,1H3. The van der Waals surface area contributed by atoms with Crippen LogP contribution in [0.2, 0.25) is 0 Å². The lowest BCUT2D eigenvalue weighted by Crippen LogP contribution is -2.32. The van der Waals surface area contributed by atoms with Crippen LogP contribution in [0, 0.1) is 6.92 Å². The summed E-state index contributed by atoms with van der Waals surface area (Å²) in [6.07, 6.45) is 4.26. The zero-order valence-electron chi connectivity index (χ0n) is 15.4. The number of hydrogen-bond acceptors (Lipinski definition) is 6. The van der Waals surface area contributed by atoms with Gasteiger partial charge in [-0.1, -0.05) is 0 Å². The van der Waals surface area contributed by atoms with Crippen molar-refractivity contribution in [3.05, 3.63) is 41.2 Å². The van der Waals surface area contributed by atoms with E-state index in [-0.39, 0.29) is 11.4 Å². The fourth-order valence-electron chi connectivity index (χ4n) is 3.53. The summed E-state index contributed by atoms with van der Waals surface area (Å²) in [5.74, 6) is 1.46. The molecular weight excluding hydrogens is 364 g/mol. The number of fused-ring (bicyclic) bond motifs is 1. The molecular formula is C19H24N4O3S. The molecule has 1 aromatic heterocycles.